The van der Waals surface area contributed by atoms with Crippen LogP contribution in [0.3, 0.4) is 0 Å². The van der Waals surface area contributed by atoms with E-state index >= 15 is 0 Å². The van der Waals surface area contributed by atoms with Gasteiger partial charge in [-0.1, -0.05) is 41.0 Å². The zero-order valence-corrected chi connectivity index (χ0v) is 14.6. The molecule has 1 aromatic carbocycles. The van der Waals surface area contributed by atoms with Gasteiger partial charge in [-0.15, -0.1) is 0 Å². The molecule has 24 heavy (non-hydrogen) atoms. The van der Waals surface area contributed by atoms with Crippen molar-refractivity contribution in [3.63, 3.8) is 0 Å². The first-order valence-electron chi connectivity index (χ1n) is 6.85. The molecule has 0 aliphatic heterocycles. The van der Waals surface area contributed by atoms with Gasteiger partial charge in [0.25, 0.3) is 5.56 Å². The summed E-state index contributed by atoms with van der Waals surface area (Å²) in [5, 5.41) is 1.64. The van der Waals surface area contributed by atoms with E-state index in [-0.39, 0.29) is 5.56 Å². The van der Waals surface area contributed by atoms with Crippen LogP contribution in [0.15, 0.2) is 46.7 Å². The standard InChI is InChI=1S/C15H9Cl2N5OS/c1-24-14-19-7-8-12(20-14)21-6-5-18-15(21)22(13(8)23)11-9(16)3-2-4-10(11)17/h2-7H,1H3. The summed E-state index contributed by atoms with van der Waals surface area (Å²) in [6.45, 7) is 0. The summed E-state index contributed by atoms with van der Waals surface area (Å²) in [7, 11) is 0. The summed E-state index contributed by atoms with van der Waals surface area (Å²) < 4.78 is 3.10. The molecule has 0 bridgehead atoms. The third-order valence-electron chi connectivity index (χ3n) is 3.57. The van der Waals surface area contributed by atoms with Gasteiger partial charge in [0.1, 0.15) is 5.39 Å². The highest BCUT2D eigenvalue weighted by molar-refractivity contribution is 7.98. The van der Waals surface area contributed by atoms with Crippen molar-refractivity contribution in [3.05, 3.63) is 57.2 Å². The number of benzene rings is 1. The Morgan fingerprint density at radius 2 is 1.92 bits per heavy atom. The molecule has 0 spiro atoms. The van der Waals surface area contributed by atoms with Crippen LogP contribution in [0.4, 0.5) is 0 Å². The lowest BCUT2D eigenvalue weighted by Gasteiger charge is -2.13. The van der Waals surface area contributed by atoms with E-state index in [1.165, 1.54) is 22.5 Å². The molecule has 0 saturated carbocycles. The molecule has 120 valence electrons. The number of imidazole rings is 1. The van der Waals surface area contributed by atoms with Crippen LogP contribution in [-0.2, 0) is 0 Å². The molecule has 4 aromatic rings. The zero-order chi connectivity index (χ0) is 16.8. The lowest BCUT2D eigenvalue weighted by atomic mass is 10.3. The van der Waals surface area contributed by atoms with Crippen LogP contribution in [-0.4, -0.2) is 30.2 Å². The Balaban J connectivity index is 2.23. The fourth-order valence-corrected chi connectivity index (χ4v) is 3.43. The number of halogens is 2. The highest BCUT2D eigenvalue weighted by Gasteiger charge is 2.18. The first-order chi connectivity index (χ1) is 11.6. The molecule has 0 saturated heterocycles. The molecule has 4 rings (SSSR count). The smallest absolute Gasteiger partial charge is 0.268 e. The van der Waals surface area contributed by atoms with Crippen molar-refractivity contribution < 1.29 is 0 Å². The minimum atomic E-state index is -0.327. The van der Waals surface area contributed by atoms with E-state index in [9.17, 15) is 4.79 Å². The molecule has 9 heteroatoms. The van der Waals surface area contributed by atoms with E-state index < -0.39 is 0 Å². The fraction of sp³-hybridized carbons (Fsp3) is 0.0667. The summed E-state index contributed by atoms with van der Waals surface area (Å²) in [5.74, 6) is 0.383. The molecule has 0 amide bonds. The Morgan fingerprint density at radius 1 is 1.17 bits per heavy atom. The van der Waals surface area contributed by atoms with Gasteiger partial charge in [-0.05, 0) is 18.4 Å². The van der Waals surface area contributed by atoms with Crippen LogP contribution < -0.4 is 5.56 Å². The van der Waals surface area contributed by atoms with E-state index in [0.29, 0.717) is 37.7 Å². The Morgan fingerprint density at radius 3 is 2.62 bits per heavy atom. The van der Waals surface area contributed by atoms with E-state index in [1.54, 1.807) is 35.0 Å². The minimum absolute atomic E-state index is 0.327. The summed E-state index contributed by atoms with van der Waals surface area (Å²) in [6, 6.07) is 5.06. The number of fused-ring (bicyclic) bond motifs is 3. The van der Waals surface area contributed by atoms with Gasteiger partial charge >= 0.3 is 0 Å². The van der Waals surface area contributed by atoms with Gasteiger partial charge in [0.05, 0.1) is 15.7 Å². The maximum atomic E-state index is 13.1. The topological polar surface area (TPSA) is 65.1 Å². The molecule has 0 N–H and O–H groups in total. The number of hydrogen-bond acceptors (Lipinski definition) is 5. The maximum absolute atomic E-state index is 13.1. The molecule has 0 unspecified atom stereocenters. The first kappa shape index (κ1) is 15.4. The molecule has 0 radical (unpaired) electrons. The van der Waals surface area contributed by atoms with Gasteiger partial charge in [-0.3, -0.25) is 9.20 Å². The van der Waals surface area contributed by atoms with Crippen molar-refractivity contribution in [3.8, 4) is 5.69 Å². The van der Waals surface area contributed by atoms with E-state index in [4.69, 9.17) is 23.2 Å². The SMILES string of the molecule is CSc1ncc2c(=O)n(-c3c(Cl)cccc3Cl)c3nccn3c2n1. The lowest BCUT2D eigenvalue weighted by molar-refractivity contribution is 0.926. The van der Waals surface area contributed by atoms with Gasteiger partial charge in [0.15, 0.2) is 10.8 Å². The quantitative estimate of drug-likeness (QED) is 0.395. The number of aromatic nitrogens is 5. The molecular formula is C15H9Cl2N5OS. The molecule has 6 nitrogen and oxygen atoms in total. The highest BCUT2D eigenvalue weighted by atomic mass is 35.5. The van der Waals surface area contributed by atoms with Crippen molar-refractivity contribution in [1.29, 1.82) is 0 Å². The number of rotatable bonds is 2. The fourth-order valence-electron chi connectivity index (χ4n) is 2.53. The number of thioether (sulfide) groups is 1. The van der Waals surface area contributed by atoms with Crippen LogP contribution in [0.25, 0.3) is 22.5 Å². The van der Waals surface area contributed by atoms with Crippen molar-refractivity contribution in [2.24, 2.45) is 0 Å². The molecule has 0 aliphatic rings. The van der Waals surface area contributed by atoms with Crippen LogP contribution in [0.2, 0.25) is 10.0 Å². The third kappa shape index (κ3) is 2.20. The average Bonchev–Trinajstić information content (AvgIpc) is 3.06. The van der Waals surface area contributed by atoms with Crippen LogP contribution in [0.1, 0.15) is 0 Å². The van der Waals surface area contributed by atoms with Crippen molar-refractivity contribution in [2.75, 3.05) is 6.26 Å². The van der Waals surface area contributed by atoms with E-state index in [2.05, 4.69) is 15.0 Å². The Kier molecular flexibility index (Phi) is 3.71. The largest absolute Gasteiger partial charge is 0.270 e. The van der Waals surface area contributed by atoms with Crippen molar-refractivity contribution in [1.82, 2.24) is 23.9 Å². The van der Waals surface area contributed by atoms with Gasteiger partial charge < -0.3 is 0 Å². The molecule has 0 aliphatic carbocycles. The molecule has 3 aromatic heterocycles. The van der Waals surface area contributed by atoms with E-state index in [1.807, 2.05) is 6.26 Å². The number of para-hydroxylation sites is 1. The molecule has 0 atom stereocenters. The van der Waals surface area contributed by atoms with Crippen LogP contribution in [0, 0.1) is 0 Å². The molecule has 3 heterocycles. The number of hydrogen-bond donors (Lipinski definition) is 0. The molecule has 0 fully saturated rings. The third-order valence-corrected chi connectivity index (χ3v) is 4.74. The van der Waals surface area contributed by atoms with E-state index in [0.717, 1.165) is 0 Å². The predicted octanol–water partition coefficient (Wildman–Crippen LogP) is 3.46. The van der Waals surface area contributed by atoms with Gasteiger partial charge in [0.2, 0.25) is 5.78 Å². The Bertz CT molecular complexity index is 1130. The average molecular weight is 378 g/mol. The summed E-state index contributed by atoms with van der Waals surface area (Å²) in [4.78, 5) is 26.0. The lowest BCUT2D eigenvalue weighted by Crippen LogP contribution is -2.23. The summed E-state index contributed by atoms with van der Waals surface area (Å²) in [6.07, 6.45) is 6.71. The number of nitrogens with zero attached hydrogens (tertiary/aromatic N) is 5. The summed E-state index contributed by atoms with van der Waals surface area (Å²) >= 11 is 14.0. The second-order valence-corrected chi connectivity index (χ2v) is 6.49. The maximum Gasteiger partial charge on any atom is 0.270 e. The van der Waals surface area contributed by atoms with Gasteiger partial charge in [-0.2, -0.15) is 0 Å². The Hall–Kier alpha value is -2.09. The summed E-state index contributed by atoms with van der Waals surface area (Å²) in [5.41, 5.74) is 0.551. The minimum Gasteiger partial charge on any atom is -0.268 e. The predicted molar refractivity (Wildman–Crippen MR) is 95.7 cm³/mol. The Labute approximate surface area is 150 Å². The highest BCUT2D eigenvalue weighted by Crippen LogP contribution is 2.29. The monoisotopic (exact) mass is 377 g/mol. The van der Waals surface area contributed by atoms with Gasteiger partial charge in [-0.25, -0.2) is 19.5 Å². The molecular weight excluding hydrogens is 369 g/mol. The van der Waals surface area contributed by atoms with Crippen molar-refractivity contribution in [2.45, 2.75) is 5.16 Å². The normalized spacial score (nSPS) is 11.5. The zero-order valence-electron chi connectivity index (χ0n) is 12.3. The van der Waals surface area contributed by atoms with Crippen molar-refractivity contribution >= 4 is 51.8 Å². The van der Waals surface area contributed by atoms with Crippen LogP contribution >= 0.6 is 35.0 Å². The second kappa shape index (κ2) is 5.77. The van der Waals surface area contributed by atoms with Gasteiger partial charge in [0, 0.05) is 18.6 Å². The van der Waals surface area contributed by atoms with Crippen LogP contribution in [0.5, 0.6) is 0 Å². The first-order valence-corrected chi connectivity index (χ1v) is 8.83. The second-order valence-electron chi connectivity index (χ2n) is 4.90.